The molecular formula is C20H27NO4Si. The van der Waals surface area contributed by atoms with Gasteiger partial charge in [-0.15, -0.1) is 0 Å². The highest BCUT2D eigenvalue weighted by molar-refractivity contribution is 6.88. The minimum atomic E-state index is -1.40. The molecule has 2 aromatic rings. The number of amides is 1. The van der Waals surface area contributed by atoms with E-state index in [4.69, 9.17) is 4.74 Å². The molecule has 0 fully saturated rings. The van der Waals surface area contributed by atoms with Crippen molar-refractivity contribution < 1.29 is 19.7 Å². The summed E-state index contributed by atoms with van der Waals surface area (Å²) < 4.78 is 5.08. The van der Waals surface area contributed by atoms with Gasteiger partial charge in [0.25, 0.3) is 0 Å². The monoisotopic (exact) mass is 373 g/mol. The number of nitrogens with one attached hydrogen (secondary N) is 1. The van der Waals surface area contributed by atoms with Crippen LogP contribution in [-0.2, 0) is 11.3 Å². The normalized spacial score (nSPS) is 13.7. The Labute approximate surface area is 155 Å². The Bertz CT molecular complexity index is 698. The van der Waals surface area contributed by atoms with E-state index in [0.29, 0.717) is 5.56 Å². The van der Waals surface area contributed by atoms with Crippen LogP contribution in [0, 0.1) is 0 Å². The first-order chi connectivity index (χ1) is 12.3. The van der Waals surface area contributed by atoms with E-state index < -0.39 is 26.4 Å². The molecule has 0 saturated carbocycles. The number of benzene rings is 2. The third kappa shape index (κ3) is 5.98. The molecule has 0 spiro atoms. The minimum absolute atomic E-state index is 0.0927. The summed E-state index contributed by atoms with van der Waals surface area (Å²) in [5.41, 5.74) is 1.50. The van der Waals surface area contributed by atoms with Crippen molar-refractivity contribution in [2.75, 3.05) is 6.54 Å². The van der Waals surface area contributed by atoms with Crippen LogP contribution in [0.15, 0.2) is 54.6 Å². The molecule has 0 aliphatic heterocycles. The maximum Gasteiger partial charge on any atom is 0.407 e. The molecule has 1 amide bonds. The maximum atomic E-state index is 11.7. The van der Waals surface area contributed by atoms with Gasteiger partial charge in [0.15, 0.2) is 0 Å². The largest absolute Gasteiger partial charge is 0.445 e. The van der Waals surface area contributed by atoms with Gasteiger partial charge in [-0.25, -0.2) is 4.79 Å². The summed E-state index contributed by atoms with van der Waals surface area (Å²) in [5, 5.41) is 24.2. The van der Waals surface area contributed by atoms with Crippen LogP contribution in [0.4, 0.5) is 4.79 Å². The number of rotatable bonds is 7. The van der Waals surface area contributed by atoms with Crippen molar-refractivity contribution >= 4 is 19.4 Å². The van der Waals surface area contributed by atoms with Gasteiger partial charge in [-0.05, 0) is 11.1 Å². The number of carbonyl (C=O) groups excluding carboxylic acids is 1. The number of hydrogen-bond acceptors (Lipinski definition) is 4. The second-order valence-corrected chi connectivity index (χ2v) is 12.4. The van der Waals surface area contributed by atoms with E-state index in [1.54, 1.807) is 0 Å². The van der Waals surface area contributed by atoms with Crippen molar-refractivity contribution in [2.45, 2.75) is 38.5 Å². The highest BCUT2D eigenvalue weighted by atomic mass is 28.3. The summed E-state index contributed by atoms with van der Waals surface area (Å²) in [7, 11) is -1.40. The van der Waals surface area contributed by atoms with E-state index in [-0.39, 0.29) is 13.2 Å². The number of alkyl carbamates (subject to hydrolysis) is 1. The lowest BCUT2D eigenvalue weighted by Crippen LogP contribution is -2.38. The average molecular weight is 374 g/mol. The van der Waals surface area contributed by atoms with Gasteiger partial charge < -0.3 is 20.3 Å². The molecule has 0 aliphatic rings. The van der Waals surface area contributed by atoms with Crippen LogP contribution >= 0.6 is 0 Å². The topological polar surface area (TPSA) is 78.8 Å². The van der Waals surface area contributed by atoms with Crippen LogP contribution in [0.5, 0.6) is 0 Å². The maximum absolute atomic E-state index is 11.7. The fourth-order valence-corrected chi connectivity index (χ4v) is 3.64. The molecule has 2 atom stereocenters. The number of aliphatic hydroxyl groups is 2. The lowest BCUT2D eigenvalue weighted by atomic mass is 10.0. The Balaban J connectivity index is 1.81. The molecule has 6 heteroatoms. The lowest BCUT2D eigenvalue weighted by Gasteiger charge is -2.21. The second-order valence-electron chi connectivity index (χ2n) is 7.33. The Kier molecular flexibility index (Phi) is 6.96. The molecule has 0 heterocycles. The second kappa shape index (κ2) is 8.98. The Hall–Kier alpha value is -2.15. The van der Waals surface area contributed by atoms with Crippen LogP contribution in [0.1, 0.15) is 17.2 Å². The van der Waals surface area contributed by atoms with Gasteiger partial charge in [-0.1, -0.05) is 79.4 Å². The van der Waals surface area contributed by atoms with Gasteiger partial charge in [0.1, 0.15) is 18.8 Å². The molecule has 140 valence electrons. The van der Waals surface area contributed by atoms with Crippen molar-refractivity contribution in [3.8, 4) is 0 Å². The molecule has 26 heavy (non-hydrogen) atoms. The smallest absolute Gasteiger partial charge is 0.407 e. The zero-order valence-electron chi connectivity index (χ0n) is 15.5. The zero-order chi connectivity index (χ0) is 19.2. The van der Waals surface area contributed by atoms with Crippen molar-refractivity contribution in [1.29, 1.82) is 0 Å². The quantitative estimate of drug-likeness (QED) is 0.652. The highest BCUT2D eigenvalue weighted by Gasteiger charge is 2.21. The summed E-state index contributed by atoms with van der Waals surface area (Å²) in [4.78, 5) is 11.7. The summed E-state index contributed by atoms with van der Waals surface area (Å²) >= 11 is 0. The molecule has 3 N–H and O–H groups in total. The van der Waals surface area contributed by atoms with E-state index in [1.165, 1.54) is 5.19 Å². The molecular weight excluding hydrogens is 346 g/mol. The van der Waals surface area contributed by atoms with Crippen LogP contribution in [-0.4, -0.2) is 37.0 Å². The predicted octanol–water partition coefficient (Wildman–Crippen LogP) is 2.55. The average Bonchev–Trinajstić information content (AvgIpc) is 2.64. The first kappa shape index (κ1) is 20.2. The Morgan fingerprint density at radius 1 is 1.04 bits per heavy atom. The predicted molar refractivity (Wildman–Crippen MR) is 105 cm³/mol. The van der Waals surface area contributed by atoms with Crippen LogP contribution in [0.2, 0.25) is 19.6 Å². The Morgan fingerprint density at radius 2 is 1.65 bits per heavy atom. The van der Waals surface area contributed by atoms with Gasteiger partial charge in [-0.3, -0.25) is 0 Å². The molecule has 5 nitrogen and oxygen atoms in total. The van der Waals surface area contributed by atoms with Gasteiger partial charge in [-0.2, -0.15) is 0 Å². The SMILES string of the molecule is C[Si](C)(C)c1ccc(C(O)C(O)CNC(=O)OCc2ccccc2)cc1. The van der Waals surface area contributed by atoms with E-state index in [1.807, 2.05) is 54.6 Å². The minimum Gasteiger partial charge on any atom is -0.445 e. The third-order valence-corrected chi connectivity index (χ3v) is 6.22. The molecule has 0 aromatic heterocycles. The zero-order valence-corrected chi connectivity index (χ0v) is 16.5. The lowest BCUT2D eigenvalue weighted by molar-refractivity contribution is 0.0184. The van der Waals surface area contributed by atoms with E-state index in [2.05, 4.69) is 25.0 Å². The van der Waals surface area contributed by atoms with Crippen LogP contribution in [0.25, 0.3) is 0 Å². The van der Waals surface area contributed by atoms with E-state index in [9.17, 15) is 15.0 Å². The molecule has 2 aromatic carbocycles. The van der Waals surface area contributed by atoms with Gasteiger partial charge in [0.05, 0.1) is 8.07 Å². The van der Waals surface area contributed by atoms with E-state index in [0.717, 1.165) is 5.56 Å². The van der Waals surface area contributed by atoms with E-state index >= 15 is 0 Å². The number of carbonyl (C=O) groups is 1. The number of aliphatic hydroxyl groups excluding tert-OH is 2. The standard InChI is InChI=1S/C20H27NO4Si/c1-26(2,3)17-11-9-16(10-12-17)19(23)18(22)13-21-20(24)25-14-15-7-5-4-6-8-15/h4-12,18-19,22-23H,13-14H2,1-3H3,(H,21,24). The fourth-order valence-electron chi connectivity index (χ4n) is 2.48. The van der Waals surface area contributed by atoms with Crippen molar-refractivity contribution in [3.05, 3.63) is 65.7 Å². The first-order valence-electron chi connectivity index (χ1n) is 8.68. The molecule has 0 saturated heterocycles. The molecule has 2 unspecified atom stereocenters. The number of hydrogen-bond donors (Lipinski definition) is 3. The van der Waals surface area contributed by atoms with Crippen molar-refractivity contribution in [2.24, 2.45) is 0 Å². The highest BCUT2D eigenvalue weighted by Crippen LogP contribution is 2.16. The molecule has 0 aliphatic carbocycles. The summed E-state index contributed by atoms with van der Waals surface area (Å²) in [6.07, 6.45) is -2.81. The molecule has 0 bridgehead atoms. The van der Waals surface area contributed by atoms with Crippen molar-refractivity contribution in [1.82, 2.24) is 5.32 Å². The summed E-state index contributed by atoms with van der Waals surface area (Å²) in [6, 6.07) is 17.0. The van der Waals surface area contributed by atoms with Crippen LogP contribution in [0.3, 0.4) is 0 Å². The molecule has 0 radical (unpaired) electrons. The fraction of sp³-hybridized carbons (Fsp3) is 0.350. The van der Waals surface area contributed by atoms with Gasteiger partial charge in [0, 0.05) is 6.54 Å². The van der Waals surface area contributed by atoms with Crippen LogP contribution < -0.4 is 10.5 Å². The summed E-state index contributed by atoms with van der Waals surface area (Å²) in [6.45, 7) is 6.81. The van der Waals surface area contributed by atoms with Gasteiger partial charge >= 0.3 is 6.09 Å². The van der Waals surface area contributed by atoms with Gasteiger partial charge in [0.2, 0.25) is 0 Å². The Morgan fingerprint density at radius 3 is 2.23 bits per heavy atom. The summed E-state index contributed by atoms with van der Waals surface area (Å²) in [5.74, 6) is 0. The number of ether oxygens (including phenoxy) is 1. The van der Waals surface area contributed by atoms with Crippen molar-refractivity contribution in [3.63, 3.8) is 0 Å². The third-order valence-electron chi connectivity index (χ3n) is 4.15. The first-order valence-corrected chi connectivity index (χ1v) is 12.2. The molecule has 2 rings (SSSR count).